The predicted molar refractivity (Wildman–Crippen MR) is 151 cm³/mol. The molecule has 0 aliphatic heterocycles. The van der Waals surface area contributed by atoms with Crippen LogP contribution in [-0.2, 0) is 27.2 Å². The number of benzene rings is 1. The fourth-order valence-electron chi connectivity index (χ4n) is 8.67. The van der Waals surface area contributed by atoms with Gasteiger partial charge < -0.3 is 20.4 Å². The molecule has 214 valence electrons. The van der Waals surface area contributed by atoms with Crippen molar-refractivity contribution in [3.63, 3.8) is 0 Å². The quantitative estimate of drug-likeness (QED) is 0.283. The van der Waals surface area contributed by atoms with Crippen molar-refractivity contribution >= 4 is 23.1 Å². The SMILES string of the molecule is C=C(Cc1ccc(O)c2c1C[C@]1(C)C[C@]3(C)C(C(C)C)C(=O)C(C(C)=O)=C(O)[C@]3(O)C(=O)C1=C2O)C1CCCC1. The smallest absolute Gasteiger partial charge is 0.203 e. The molecule has 2 fully saturated rings. The first kappa shape index (κ1) is 28.3. The first-order valence-electron chi connectivity index (χ1n) is 14.3. The zero-order valence-corrected chi connectivity index (χ0v) is 24.1. The Hall–Kier alpha value is -3.19. The van der Waals surface area contributed by atoms with Crippen LogP contribution in [-0.4, -0.2) is 43.4 Å². The first-order chi connectivity index (χ1) is 18.6. The third-order valence-corrected chi connectivity index (χ3v) is 10.3. The van der Waals surface area contributed by atoms with Gasteiger partial charge in [0.1, 0.15) is 22.8 Å². The lowest BCUT2D eigenvalue weighted by Crippen LogP contribution is -2.69. The monoisotopic (exact) mass is 548 g/mol. The van der Waals surface area contributed by atoms with Crippen LogP contribution in [0.15, 0.2) is 41.2 Å². The van der Waals surface area contributed by atoms with E-state index in [0.29, 0.717) is 12.3 Å². The lowest BCUT2D eigenvalue weighted by Gasteiger charge is -2.59. The Morgan fingerprint density at radius 2 is 1.73 bits per heavy atom. The first-order valence-corrected chi connectivity index (χ1v) is 14.3. The zero-order chi connectivity index (χ0) is 29.5. The second-order valence-corrected chi connectivity index (χ2v) is 13.4. The lowest BCUT2D eigenvalue weighted by molar-refractivity contribution is -0.178. The van der Waals surface area contributed by atoms with Gasteiger partial charge in [0.05, 0.1) is 5.56 Å². The molecular weight excluding hydrogens is 508 g/mol. The highest BCUT2D eigenvalue weighted by atomic mass is 16.3. The molecule has 40 heavy (non-hydrogen) atoms. The molecule has 7 heteroatoms. The number of hydrogen-bond acceptors (Lipinski definition) is 7. The largest absolute Gasteiger partial charge is 0.508 e. The van der Waals surface area contributed by atoms with Crippen LogP contribution in [0.5, 0.6) is 5.75 Å². The summed E-state index contributed by atoms with van der Waals surface area (Å²) in [5, 5.41) is 45.9. The average molecular weight is 549 g/mol. The molecule has 4 aliphatic carbocycles. The van der Waals surface area contributed by atoms with E-state index in [9.17, 15) is 34.8 Å². The van der Waals surface area contributed by atoms with E-state index in [-0.39, 0.29) is 35.6 Å². The minimum absolute atomic E-state index is 0.0869. The third kappa shape index (κ3) is 3.62. The predicted octanol–water partition coefficient (Wildman–Crippen LogP) is 5.48. The molecule has 4 N–H and O–H groups in total. The van der Waals surface area contributed by atoms with Gasteiger partial charge in [-0.25, -0.2) is 0 Å². The van der Waals surface area contributed by atoms with Gasteiger partial charge in [-0.1, -0.05) is 58.8 Å². The maximum Gasteiger partial charge on any atom is 0.203 e. The van der Waals surface area contributed by atoms with Crippen molar-refractivity contribution in [1.29, 1.82) is 0 Å². The van der Waals surface area contributed by atoms with Crippen LogP contribution in [0.2, 0.25) is 0 Å². The van der Waals surface area contributed by atoms with Crippen molar-refractivity contribution in [2.24, 2.45) is 28.6 Å². The summed E-state index contributed by atoms with van der Waals surface area (Å²) in [6.07, 6.45) is 5.50. The van der Waals surface area contributed by atoms with Crippen LogP contribution >= 0.6 is 0 Å². The van der Waals surface area contributed by atoms with Gasteiger partial charge in [-0.3, -0.25) is 14.4 Å². The van der Waals surface area contributed by atoms with E-state index in [4.69, 9.17) is 0 Å². The Balaban J connectivity index is 1.72. The molecule has 0 radical (unpaired) electrons. The highest BCUT2D eigenvalue weighted by Gasteiger charge is 2.72. The van der Waals surface area contributed by atoms with Crippen molar-refractivity contribution in [2.45, 2.75) is 85.2 Å². The molecule has 0 saturated heterocycles. The third-order valence-electron chi connectivity index (χ3n) is 10.3. The average Bonchev–Trinajstić information content (AvgIpc) is 3.38. The Morgan fingerprint density at radius 1 is 1.10 bits per heavy atom. The van der Waals surface area contributed by atoms with E-state index in [2.05, 4.69) is 6.58 Å². The van der Waals surface area contributed by atoms with Gasteiger partial charge in [0.15, 0.2) is 17.2 Å². The van der Waals surface area contributed by atoms with Gasteiger partial charge in [-0.15, -0.1) is 0 Å². The standard InChI is InChI=1S/C33H40O7/c1-16(2)25-27(36)23(18(4)34)29(38)33(40)30(39)26-28(37)24-21(14-31(26,5)15-32(25,33)6)20(11-12-22(24)35)13-17(3)19-9-7-8-10-19/h11-12,16,19,25,35,37-38,40H,3,7-10,13-15H2,1-2,4-6H3/t25?,31-,32-,33+/m1/s1. The normalized spacial score (nSPS) is 32.3. The number of rotatable bonds is 5. The summed E-state index contributed by atoms with van der Waals surface area (Å²) in [6, 6.07) is 3.34. The van der Waals surface area contributed by atoms with E-state index in [1.807, 2.05) is 13.0 Å². The van der Waals surface area contributed by atoms with E-state index in [1.54, 1.807) is 20.8 Å². The molecule has 0 spiro atoms. The molecule has 4 atom stereocenters. The number of phenols is 1. The molecule has 1 aromatic rings. The highest BCUT2D eigenvalue weighted by Crippen LogP contribution is 2.65. The van der Waals surface area contributed by atoms with Crippen LogP contribution < -0.4 is 0 Å². The summed E-state index contributed by atoms with van der Waals surface area (Å²) in [7, 11) is 0. The van der Waals surface area contributed by atoms with Crippen molar-refractivity contribution < 1.29 is 34.8 Å². The highest BCUT2D eigenvalue weighted by molar-refractivity contribution is 6.24. The Labute approximate surface area is 235 Å². The van der Waals surface area contributed by atoms with E-state index >= 15 is 0 Å². The fraction of sp³-hybridized carbons (Fsp3) is 0.545. The second-order valence-electron chi connectivity index (χ2n) is 13.4. The molecule has 0 heterocycles. The summed E-state index contributed by atoms with van der Waals surface area (Å²) in [4.78, 5) is 40.5. The minimum atomic E-state index is -2.60. The van der Waals surface area contributed by atoms with E-state index < -0.39 is 56.8 Å². The van der Waals surface area contributed by atoms with Crippen LogP contribution in [0.3, 0.4) is 0 Å². The molecule has 0 aromatic heterocycles. The van der Waals surface area contributed by atoms with Crippen LogP contribution in [0, 0.1) is 28.6 Å². The molecule has 1 unspecified atom stereocenters. The van der Waals surface area contributed by atoms with Gasteiger partial charge in [0.25, 0.3) is 0 Å². The molecule has 7 nitrogen and oxygen atoms in total. The molecule has 2 saturated carbocycles. The fourth-order valence-corrected chi connectivity index (χ4v) is 8.67. The van der Waals surface area contributed by atoms with Gasteiger partial charge in [-0.2, -0.15) is 0 Å². The minimum Gasteiger partial charge on any atom is -0.508 e. The van der Waals surface area contributed by atoms with Crippen molar-refractivity contribution in [3.05, 3.63) is 57.9 Å². The van der Waals surface area contributed by atoms with Gasteiger partial charge in [0, 0.05) is 22.3 Å². The molecule has 0 amide bonds. The number of aliphatic hydroxyl groups is 3. The van der Waals surface area contributed by atoms with Crippen LogP contribution in [0.4, 0.5) is 0 Å². The number of phenolic OH excluding ortho intramolecular Hbond substituents is 1. The Kier molecular flexibility index (Phi) is 6.49. The Bertz CT molecular complexity index is 1420. The molecule has 0 bridgehead atoms. The molecule has 4 aliphatic rings. The molecule has 5 rings (SSSR count). The number of allylic oxidation sites excluding steroid dienone is 2. The zero-order valence-electron chi connectivity index (χ0n) is 24.1. The Morgan fingerprint density at radius 3 is 2.30 bits per heavy atom. The lowest BCUT2D eigenvalue weighted by atomic mass is 9.43. The summed E-state index contributed by atoms with van der Waals surface area (Å²) >= 11 is 0. The number of Topliss-reactive ketones (excluding diaryl/α,β-unsaturated/α-hetero) is 3. The van der Waals surface area contributed by atoms with Crippen molar-refractivity contribution in [2.75, 3.05) is 0 Å². The summed E-state index contributed by atoms with van der Waals surface area (Å²) in [5.41, 5.74) is -2.86. The van der Waals surface area contributed by atoms with E-state index in [1.165, 1.54) is 18.9 Å². The number of hydrogen-bond donors (Lipinski definition) is 4. The summed E-state index contributed by atoms with van der Waals surface area (Å²) in [5.74, 6) is -4.69. The number of carbonyl (C=O) groups excluding carboxylic acids is 3. The second kappa shape index (κ2) is 9.16. The topological polar surface area (TPSA) is 132 Å². The summed E-state index contributed by atoms with van der Waals surface area (Å²) < 4.78 is 0. The maximum atomic E-state index is 14.4. The van der Waals surface area contributed by atoms with Gasteiger partial charge in [-0.05, 0) is 68.1 Å². The van der Waals surface area contributed by atoms with Gasteiger partial charge in [0.2, 0.25) is 5.78 Å². The number of carbonyl (C=O) groups is 3. The number of aliphatic hydroxyl groups excluding tert-OH is 2. The maximum absolute atomic E-state index is 14.4. The van der Waals surface area contributed by atoms with Crippen molar-refractivity contribution in [1.82, 2.24) is 0 Å². The van der Waals surface area contributed by atoms with Crippen molar-refractivity contribution in [3.8, 4) is 5.75 Å². The van der Waals surface area contributed by atoms with Gasteiger partial charge >= 0.3 is 0 Å². The number of aromatic hydroxyl groups is 1. The number of ketones is 3. The van der Waals surface area contributed by atoms with Crippen LogP contribution in [0.25, 0.3) is 5.76 Å². The van der Waals surface area contributed by atoms with Crippen LogP contribution in [0.1, 0.15) is 83.4 Å². The molecule has 1 aromatic carbocycles. The summed E-state index contributed by atoms with van der Waals surface area (Å²) in [6.45, 7) is 12.5. The molecular formula is C33H40O7. The van der Waals surface area contributed by atoms with E-state index in [0.717, 1.165) is 36.5 Å². The number of fused-ring (bicyclic) bond motifs is 3.